The SMILES string of the molecule is Cc1nccn1CCN1CCN(C(=O)c2ccc(C#N)cc2)CC1. The van der Waals surface area contributed by atoms with E-state index in [1.54, 1.807) is 24.3 Å². The topological polar surface area (TPSA) is 65.2 Å². The Morgan fingerprint density at radius 1 is 1.17 bits per heavy atom. The average Bonchev–Trinajstić information content (AvgIpc) is 3.05. The van der Waals surface area contributed by atoms with Gasteiger partial charge in [-0.25, -0.2) is 4.98 Å². The molecule has 0 N–H and O–H groups in total. The van der Waals surface area contributed by atoms with Gasteiger partial charge >= 0.3 is 0 Å². The van der Waals surface area contributed by atoms with E-state index in [9.17, 15) is 4.79 Å². The fourth-order valence-electron chi connectivity index (χ4n) is 2.93. The molecular formula is C18H21N5O. The number of amides is 1. The highest BCUT2D eigenvalue weighted by atomic mass is 16.2. The zero-order valence-corrected chi connectivity index (χ0v) is 13.9. The highest BCUT2D eigenvalue weighted by molar-refractivity contribution is 5.94. The first-order chi connectivity index (χ1) is 11.7. The van der Waals surface area contributed by atoms with E-state index >= 15 is 0 Å². The molecule has 1 aliphatic heterocycles. The summed E-state index contributed by atoms with van der Waals surface area (Å²) < 4.78 is 2.15. The fourth-order valence-corrected chi connectivity index (χ4v) is 2.93. The summed E-state index contributed by atoms with van der Waals surface area (Å²) in [6.45, 7) is 7.15. The summed E-state index contributed by atoms with van der Waals surface area (Å²) in [7, 11) is 0. The lowest BCUT2D eigenvalue weighted by Gasteiger charge is -2.34. The molecule has 0 saturated carbocycles. The third-order valence-electron chi connectivity index (χ3n) is 4.50. The molecule has 0 spiro atoms. The Morgan fingerprint density at radius 3 is 2.46 bits per heavy atom. The summed E-state index contributed by atoms with van der Waals surface area (Å²) in [5.74, 6) is 1.08. The van der Waals surface area contributed by atoms with Crippen molar-refractivity contribution in [1.82, 2.24) is 19.4 Å². The Bertz CT molecular complexity index is 736. The molecule has 6 nitrogen and oxygen atoms in total. The standard InChI is InChI=1S/C18H21N5O/c1-15-20-6-7-22(15)11-8-21-9-12-23(13-10-21)18(24)17-4-2-16(14-19)3-5-17/h2-7H,8-13H2,1H3. The van der Waals surface area contributed by atoms with Crippen LogP contribution < -0.4 is 0 Å². The lowest BCUT2D eigenvalue weighted by atomic mass is 10.1. The number of rotatable bonds is 4. The van der Waals surface area contributed by atoms with E-state index in [1.807, 2.05) is 24.2 Å². The summed E-state index contributed by atoms with van der Waals surface area (Å²) in [6.07, 6.45) is 3.82. The largest absolute Gasteiger partial charge is 0.336 e. The van der Waals surface area contributed by atoms with Crippen molar-refractivity contribution in [2.75, 3.05) is 32.7 Å². The van der Waals surface area contributed by atoms with Crippen molar-refractivity contribution in [1.29, 1.82) is 5.26 Å². The molecule has 0 aliphatic carbocycles. The number of aromatic nitrogens is 2. The summed E-state index contributed by atoms with van der Waals surface area (Å²) in [4.78, 5) is 21.0. The minimum Gasteiger partial charge on any atom is -0.336 e. The predicted molar refractivity (Wildman–Crippen MR) is 90.5 cm³/mol. The molecular weight excluding hydrogens is 302 g/mol. The number of hydrogen-bond acceptors (Lipinski definition) is 4. The lowest BCUT2D eigenvalue weighted by molar-refractivity contribution is 0.0633. The van der Waals surface area contributed by atoms with Crippen molar-refractivity contribution in [2.45, 2.75) is 13.5 Å². The third-order valence-corrected chi connectivity index (χ3v) is 4.50. The van der Waals surface area contributed by atoms with Crippen molar-refractivity contribution in [3.05, 3.63) is 53.6 Å². The van der Waals surface area contributed by atoms with Crippen LogP contribution in [0, 0.1) is 18.3 Å². The van der Waals surface area contributed by atoms with Gasteiger partial charge in [0.1, 0.15) is 5.82 Å². The first kappa shape index (κ1) is 16.2. The second-order valence-corrected chi connectivity index (χ2v) is 5.99. The summed E-state index contributed by atoms with van der Waals surface area (Å²) in [5, 5.41) is 8.82. The minimum absolute atomic E-state index is 0.0459. The van der Waals surface area contributed by atoms with Crippen LogP contribution in [0.3, 0.4) is 0 Å². The number of piperazine rings is 1. The molecule has 0 unspecified atom stereocenters. The zero-order chi connectivity index (χ0) is 16.9. The molecule has 1 fully saturated rings. The maximum atomic E-state index is 12.5. The van der Waals surface area contributed by atoms with Crippen LogP contribution >= 0.6 is 0 Å². The van der Waals surface area contributed by atoms with E-state index in [1.165, 1.54) is 0 Å². The Balaban J connectivity index is 1.50. The van der Waals surface area contributed by atoms with Gasteiger partial charge < -0.3 is 9.47 Å². The van der Waals surface area contributed by atoms with E-state index in [2.05, 4.69) is 20.5 Å². The fraction of sp³-hybridized carbons (Fsp3) is 0.389. The number of carbonyl (C=O) groups is 1. The van der Waals surface area contributed by atoms with Crippen molar-refractivity contribution in [2.24, 2.45) is 0 Å². The lowest BCUT2D eigenvalue weighted by Crippen LogP contribution is -2.49. The first-order valence-corrected chi connectivity index (χ1v) is 8.17. The number of nitrogens with zero attached hydrogens (tertiary/aromatic N) is 5. The molecule has 2 heterocycles. The van der Waals surface area contributed by atoms with E-state index < -0.39 is 0 Å². The average molecular weight is 323 g/mol. The molecule has 1 aromatic heterocycles. The van der Waals surface area contributed by atoms with Gasteiger partial charge in [-0.2, -0.15) is 5.26 Å². The summed E-state index contributed by atoms with van der Waals surface area (Å²) >= 11 is 0. The van der Waals surface area contributed by atoms with Crippen LogP contribution in [0.15, 0.2) is 36.7 Å². The van der Waals surface area contributed by atoms with E-state index in [-0.39, 0.29) is 5.91 Å². The Kier molecular flexibility index (Phi) is 4.92. The van der Waals surface area contributed by atoms with Crippen LogP contribution in [0.1, 0.15) is 21.7 Å². The monoisotopic (exact) mass is 323 g/mol. The number of aryl methyl sites for hydroxylation is 1. The minimum atomic E-state index is 0.0459. The molecule has 0 bridgehead atoms. The van der Waals surface area contributed by atoms with Crippen molar-refractivity contribution >= 4 is 5.91 Å². The van der Waals surface area contributed by atoms with Crippen molar-refractivity contribution in [3.8, 4) is 6.07 Å². The molecule has 1 saturated heterocycles. The first-order valence-electron chi connectivity index (χ1n) is 8.17. The molecule has 2 aromatic rings. The second kappa shape index (κ2) is 7.28. The van der Waals surface area contributed by atoms with E-state index in [0.717, 1.165) is 45.1 Å². The molecule has 1 aliphatic rings. The molecule has 24 heavy (non-hydrogen) atoms. The van der Waals surface area contributed by atoms with E-state index in [0.29, 0.717) is 11.1 Å². The van der Waals surface area contributed by atoms with Gasteiger partial charge in [0, 0.05) is 57.2 Å². The normalized spacial score (nSPS) is 15.2. The van der Waals surface area contributed by atoms with Crippen LogP contribution in [0.2, 0.25) is 0 Å². The maximum Gasteiger partial charge on any atom is 0.253 e. The second-order valence-electron chi connectivity index (χ2n) is 5.99. The number of hydrogen-bond donors (Lipinski definition) is 0. The van der Waals surface area contributed by atoms with Crippen LogP contribution in [0.5, 0.6) is 0 Å². The van der Waals surface area contributed by atoms with Gasteiger partial charge in [0.2, 0.25) is 0 Å². The van der Waals surface area contributed by atoms with Gasteiger partial charge in [0.15, 0.2) is 0 Å². The molecule has 0 atom stereocenters. The molecule has 1 aromatic carbocycles. The van der Waals surface area contributed by atoms with Gasteiger partial charge in [0.05, 0.1) is 11.6 Å². The van der Waals surface area contributed by atoms with Gasteiger partial charge in [-0.1, -0.05) is 0 Å². The van der Waals surface area contributed by atoms with Crippen LogP contribution in [-0.2, 0) is 6.54 Å². The molecule has 124 valence electrons. The summed E-state index contributed by atoms with van der Waals surface area (Å²) in [6, 6.07) is 8.92. The quantitative estimate of drug-likeness (QED) is 0.856. The predicted octanol–water partition coefficient (Wildman–Crippen LogP) is 1.52. The smallest absolute Gasteiger partial charge is 0.253 e. The molecule has 1 amide bonds. The molecule has 6 heteroatoms. The van der Waals surface area contributed by atoms with Crippen molar-refractivity contribution in [3.63, 3.8) is 0 Å². The van der Waals surface area contributed by atoms with Crippen LogP contribution in [-0.4, -0.2) is 58.0 Å². The number of carbonyl (C=O) groups excluding carboxylic acids is 1. The molecule has 0 radical (unpaired) electrons. The van der Waals surface area contributed by atoms with Crippen molar-refractivity contribution < 1.29 is 4.79 Å². The highest BCUT2D eigenvalue weighted by Crippen LogP contribution is 2.10. The Hall–Kier alpha value is -2.65. The van der Waals surface area contributed by atoms with Gasteiger partial charge in [-0.15, -0.1) is 0 Å². The zero-order valence-electron chi connectivity index (χ0n) is 13.9. The maximum absolute atomic E-state index is 12.5. The number of nitriles is 1. The van der Waals surface area contributed by atoms with Gasteiger partial charge in [-0.05, 0) is 31.2 Å². The summed E-state index contributed by atoms with van der Waals surface area (Å²) in [5.41, 5.74) is 1.22. The number of benzene rings is 1. The van der Waals surface area contributed by atoms with Crippen LogP contribution in [0.4, 0.5) is 0 Å². The van der Waals surface area contributed by atoms with E-state index in [4.69, 9.17) is 5.26 Å². The highest BCUT2D eigenvalue weighted by Gasteiger charge is 2.21. The van der Waals surface area contributed by atoms with Gasteiger partial charge in [-0.3, -0.25) is 9.69 Å². The molecule has 3 rings (SSSR count). The third kappa shape index (κ3) is 3.63. The van der Waals surface area contributed by atoms with Crippen LogP contribution in [0.25, 0.3) is 0 Å². The van der Waals surface area contributed by atoms with Gasteiger partial charge in [0.25, 0.3) is 5.91 Å². The Labute approximate surface area is 141 Å². The number of imidazole rings is 1. The Morgan fingerprint density at radius 2 is 1.88 bits per heavy atom.